The van der Waals surface area contributed by atoms with Crippen molar-refractivity contribution in [3.05, 3.63) is 53.3 Å². The van der Waals surface area contributed by atoms with Crippen molar-refractivity contribution in [2.75, 3.05) is 20.7 Å². The van der Waals surface area contributed by atoms with E-state index in [0.717, 1.165) is 11.3 Å². The van der Waals surface area contributed by atoms with Crippen molar-refractivity contribution >= 4 is 21.6 Å². The van der Waals surface area contributed by atoms with Crippen molar-refractivity contribution in [3.8, 4) is 5.75 Å². The standard InChI is InChI=1S/C15H17ClN2O3S/c1-18(10-9-12-3-5-13(21-2)6-4-12)22(19,20)14-7-8-15(16)17-11-14/h3-8,11H,9-10H2,1-2H3. The molecular weight excluding hydrogens is 324 g/mol. The predicted molar refractivity (Wildman–Crippen MR) is 85.8 cm³/mol. The summed E-state index contributed by atoms with van der Waals surface area (Å²) in [5.41, 5.74) is 1.04. The van der Waals surface area contributed by atoms with Gasteiger partial charge in [-0.25, -0.2) is 17.7 Å². The molecule has 0 atom stereocenters. The number of benzene rings is 1. The fourth-order valence-corrected chi connectivity index (χ4v) is 3.12. The molecule has 1 aromatic heterocycles. The molecule has 7 heteroatoms. The summed E-state index contributed by atoms with van der Waals surface area (Å²) in [5.74, 6) is 0.775. The van der Waals surface area contributed by atoms with Gasteiger partial charge in [-0.05, 0) is 36.2 Å². The second-order valence-corrected chi connectivity index (χ2v) is 7.17. The van der Waals surface area contributed by atoms with Crippen LogP contribution >= 0.6 is 11.6 Å². The Morgan fingerprint density at radius 2 is 1.86 bits per heavy atom. The number of rotatable bonds is 6. The summed E-state index contributed by atoms with van der Waals surface area (Å²) < 4.78 is 31.2. The zero-order valence-corrected chi connectivity index (χ0v) is 13.9. The molecule has 0 unspecified atom stereocenters. The van der Waals surface area contributed by atoms with Gasteiger partial charge in [-0.3, -0.25) is 0 Å². The van der Waals surface area contributed by atoms with E-state index in [0.29, 0.717) is 13.0 Å². The molecule has 0 spiro atoms. The number of halogens is 1. The number of likely N-dealkylation sites (N-methyl/N-ethyl adjacent to an activating group) is 1. The average molecular weight is 341 g/mol. The minimum absolute atomic E-state index is 0.133. The van der Waals surface area contributed by atoms with E-state index < -0.39 is 10.0 Å². The van der Waals surface area contributed by atoms with E-state index in [1.165, 1.54) is 22.6 Å². The highest BCUT2D eigenvalue weighted by molar-refractivity contribution is 7.89. The molecule has 1 heterocycles. The number of hydrogen-bond donors (Lipinski definition) is 0. The smallest absolute Gasteiger partial charge is 0.244 e. The third-order valence-electron chi connectivity index (χ3n) is 3.28. The lowest BCUT2D eigenvalue weighted by Crippen LogP contribution is -2.29. The van der Waals surface area contributed by atoms with Crippen LogP contribution in [-0.4, -0.2) is 38.4 Å². The van der Waals surface area contributed by atoms with Crippen LogP contribution < -0.4 is 4.74 Å². The fraction of sp³-hybridized carbons (Fsp3) is 0.267. The lowest BCUT2D eigenvalue weighted by molar-refractivity contribution is 0.414. The molecular formula is C15H17ClN2O3S. The van der Waals surface area contributed by atoms with E-state index in [-0.39, 0.29) is 10.0 Å². The Labute approximate surface area is 135 Å². The van der Waals surface area contributed by atoms with E-state index in [2.05, 4.69) is 4.98 Å². The summed E-state index contributed by atoms with van der Waals surface area (Å²) in [7, 11) is -0.395. The molecule has 22 heavy (non-hydrogen) atoms. The molecule has 1 aromatic carbocycles. The minimum atomic E-state index is -3.55. The van der Waals surface area contributed by atoms with Crippen molar-refractivity contribution < 1.29 is 13.2 Å². The van der Waals surface area contributed by atoms with Crippen molar-refractivity contribution in [2.45, 2.75) is 11.3 Å². The van der Waals surface area contributed by atoms with E-state index in [1.807, 2.05) is 24.3 Å². The SMILES string of the molecule is COc1ccc(CCN(C)S(=O)(=O)c2ccc(Cl)nc2)cc1. The van der Waals surface area contributed by atoms with Gasteiger partial charge in [-0.15, -0.1) is 0 Å². The Kier molecular flexibility index (Phi) is 5.39. The molecule has 0 bridgehead atoms. The van der Waals surface area contributed by atoms with Gasteiger partial charge in [0.2, 0.25) is 10.0 Å². The van der Waals surface area contributed by atoms with Gasteiger partial charge in [0.15, 0.2) is 0 Å². The first-order valence-electron chi connectivity index (χ1n) is 6.64. The summed E-state index contributed by atoms with van der Waals surface area (Å²) in [5, 5.41) is 0.264. The molecule has 0 aliphatic rings. The van der Waals surface area contributed by atoms with Crippen LogP contribution in [0, 0.1) is 0 Å². The molecule has 0 aliphatic heterocycles. The first-order valence-corrected chi connectivity index (χ1v) is 8.46. The topological polar surface area (TPSA) is 59.5 Å². The van der Waals surface area contributed by atoms with Gasteiger partial charge in [0, 0.05) is 19.8 Å². The van der Waals surface area contributed by atoms with Crippen LogP contribution in [-0.2, 0) is 16.4 Å². The lowest BCUT2D eigenvalue weighted by Gasteiger charge is -2.17. The van der Waals surface area contributed by atoms with Gasteiger partial charge in [0.25, 0.3) is 0 Å². The monoisotopic (exact) mass is 340 g/mol. The van der Waals surface area contributed by atoms with Gasteiger partial charge >= 0.3 is 0 Å². The Hall–Kier alpha value is -1.63. The molecule has 0 N–H and O–H groups in total. The van der Waals surface area contributed by atoms with Gasteiger partial charge in [-0.2, -0.15) is 0 Å². The van der Waals surface area contributed by atoms with Gasteiger partial charge in [0.05, 0.1) is 7.11 Å². The maximum Gasteiger partial charge on any atom is 0.244 e. The van der Waals surface area contributed by atoms with E-state index >= 15 is 0 Å². The van der Waals surface area contributed by atoms with Crippen molar-refractivity contribution in [1.82, 2.24) is 9.29 Å². The molecule has 0 amide bonds. The van der Waals surface area contributed by atoms with Gasteiger partial charge in [-0.1, -0.05) is 23.7 Å². The van der Waals surface area contributed by atoms with Crippen molar-refractivity contribution in [2.24, 2.45) is 0 Å². The molecule has 0 saturated heterocycles. The quantitative estimate of drug-likeness (QED) is 0.758. The number of pyridine rings is 1. The highest BCUT2D eigenvalue weighted by Gasteiger charge is 2.20. The summed E-state index contributed by atoms with van der Waals surface area (Å²) in [6.07, 6.45) is 1.88. The average Bonchev–Trinajstić information content (AvgIpc) is 2.53. The molecule has 0 fully saturated rings. The summed E-state index contributed by atoms with van der Waals surface area (Å²) in [6.45, 7) is 0.372. The van der Waals surface area contributed by atoms with E-state index in [4.69, 9.17) is 16.3 Å². The molecule has 0 saturated carbocycles. The molecule has 5 nitrogen and oxygen atoms in total. The Morgan fingerprint density at radius 1 is 1.18 bits per heavy atom. The Bertz CT molecular complexity index is 715. The maximum atomic E-state index is 12.4. The van der Waals surface area contributed by atoms with Crippen LogP contribution in [0.4, 0.5) is 0 Å². The van der Waals surface area contributed by atoms with Crippen LogP contribution in [0.15, 0.2) is 47.5 Å². The second-order valence-electron chi connectivity index (χ2n) is 4.74. The summed E-state index contributed by atoms with van der Waals surface area (Å²) >= 11 is 5.68. The van der Waals surface area contributed by atoms with E-state index in [9.17, 15) is 8.42 Å². The zero-order valence-electron chi connectivity index (χ0n) is 12.4. The van der Waals surface area contributed by atoms with Crippen LogP contribution in [0.25, 0.3) is 0 Å². The third-order valence-corrected chi connectivity index (χ3v) is 5.35. The van der Waals surface area contributed by atoms with Gasteiger partial charge in [0.1, 0.15) is 15.8 Å². The number of aromatic nitrogens is 1. The number of methoxy groups -OCH3 is 1. The zero-order chi connectivity index (χ0) is 16.2. The molecule has 2 rings (SSSR count). The Balaban J connectivity index is 2.04. The van der Waals surface area contributed by atoms with Crippen LogP contribution in [0.1, 0.15) is 5.56 Å². The number of nitrogens with zero attached hydrogens (tertiary/aromatic N) is 2. The highest BCUT2D eigenvalue weighted by Crippen LogP contribution is 2.16. The number of hydrogen-bond acceptors (Lipinski definition) is 4. The normalized spacial score (nSPS) is 11.6. The molecule has 2 aromatic rings. The maximum absolute atomic E-state index is 12.4. The van der Waals surface area contributed by atoms with E-state index in [1.54, 1.807) is 14.2 Å². The minimum Gasteiger partial charge on any atom is -0.497 e. The van der Waals surface area contributed by atoms with Crippen LogP contribution in [0.2, 0.25) is 5.15 Å². The van der Waals surface area contributed by atoms with Crippen LogP contribution in [0.5, 0.6) is 5.75 Å². The largest absolute Gasteiger partial charge is 0.497 e. The first-order chi connectivity index (χ1) is 10.4. The van der Waals surface area contributed by atoms with Crippen molar-refractivity contribution in [1.29, 1.82) is 0 Å². The first kappa shape index (κ1) is 16.7. The number of sulfonamides is 1. The number of ether oxygens (including phenoxy) is 1. The van der Waals surface area contributed by atoms with Crippen molar-refractivity contribution in [3.63, 3.8) is 0 Å². The third kappa shape index (κ3) is 3.97. The van der Waals surface area contributed by atoms with Gasteiger partial charge < -0.3 is 4.74 Å². The molecule has 0 radical (unpaired) electrons. The summed E-state index contributed by atoms with van der Waals surface area (Å²) in [6, 6.07) is 10.5. The molecule has 0 aliphatic carbocycles. The summed E-state index contributed by atoms with van der Waals surface area (Å²) in [4.78, 5) is 3.94. The highest BCUT2D eigenvalue weighted by atomic mass is 35.5. The fourth-order valence-electron chi connectivity index (χ4n) is 1.89. The predicted octanol–water partition coefficient (Wildman–Crippen LogP) is 2.61. The lowest BCUT2D eigenvalue weighted by atomic mass is 10.1. The van der Waals surface area contributed by atoms with Crippen LogP contribution in [0.3, 0.4) is 0 Å². The Morgan fingerprint density at radius 3 is 2.41 bits per heavy atom. The molecule has 118 valence electrons. The second kappa shape index (κ2) is 7.09.